The highest BCUT2D eigenvalue weighted by Crippen LogP contribution is 2.28. The highest BCUT2D eigenvalue weighted by atomic mass is 16.6. The van der Waals surface area contributed by atoms with Gasteiger partial charge in [0.2, 0.25) is 5.89 Å². The van der Waals surface area contributed by atoms with Crippen molar-refractivity contribution in [3.8, 4) is 11.5 Å². The van der Waals surface area contributed by atoms with Crippen molar-refractivity contribution in [2.24, 2.45) is 5.92 Å². The molecule has 1 aromatic carbocycles. The lowest BCUT2D eigenvalue weighted by Crippen LogP contribution is -1.93. The van der Waals surface area contributed by atoms with Crippen LogP contribution in [0.5, 0.6) is 0 Å². The number of aromatic nitrogens is 2. The fourth-order valence-corrected chi connectivity index (χ4v) is 1.61. The molecule has 0 spiro atoms. The van der Waals surface area contributed by atoms with Gasteiger partial charge in [-0.25, -0.2) is 0 Å². The average molecular weight is 247 g/mol. The van der Waals surface area contributed by atoms with Crippen LogP contribution in [0.25, 0.3) is 11.5 Å². The van der Waals surface area contributed by atoms with E-state index in [0.29, 0.717) is 23.8 Å². The van der Waals surface area contributed by atoms with E-state index in [1.54, 1.807) is 18.2 Å². The molecule has 0 saturated heterocycles. The van der Waals surface area contributed by atoms with E-state index < -0.39 is 4.92 Å². The van der Waals surface area contributed by atoms with E-state index in [1.807, 2.05) is 13.8 Å². The van der Waals surface area contributed by atoms with Gasteiger partial charge in [-0.1, -0.05) is 26.0 Å². The van der Waals surface area contributed by atoms with Crippen LogP contribution in [0.3, 0.4) is 0 Å². The lowest BCUT2D eigenvalue weighted by molar-refractivity contribution is -0.384. The molecule has 6 nitrogen and oxygen atoms in total. The minimum absolute atomic E-state index is 0.0303. The van der Waals surface area contributed by atoms with Crippen LogP contribution >= 0.6 is 0 Å². The molecule has 0 atom stereocenters. The highest BCUT2D eigenvalue weighted by Gasteiger charge is 2.19. The fraction of sp³-hybridized carbons (Fsp3) is 0.333. The third-order valence-electron chi connectivity index (χ3n) is 2.38. The molecule has 2 rings (SSSR count). The van der Waals surface area contributed by atoms with Gasteiger partial charge in [0.25, 0.3) is 11.6 Å². The van der Waals surface area contributed by atoms with Crippen LogP contribution in [-0.4, -0.2) is 15.1 Å². The molecule has 0 unspecified atom stereocenters. The van der Waals surface area contributed by atoms with E-state index in [4.69, 9.17) is 4.42 Å². The zero-order valence-corrected chi connectivity index (χ0v) is 10.2. The largest absolute Gasteiger partial charge is 0.420 e. The number of nitro benzene ring substituents is 1. The van der Waals surface area contributed by atoms with Crippen LogP contribution in [0.4, 0.5) is 5.69 Å². The molecule has 0 aliphatic heterocycles. The third kappa shape index (κ3) is 2.53. The predicted molar refractivity (Wildman–Crippen MR) is 64.9 cm³/mol. The highest BCUT2D eigenvalue weighted by molar-refractivity contribution is 5.66. The number of benzene rings is 1. The van der Waals surface area contributed by atoms with Gasteiger partial charge in [-0.2, -0.15) is 0 Å². The van der Waals surface area contributed by atoms with E-state index in [9.17, 15) is 10.1 Å². The maximum atomic E-state index is 10.9. The van der Waals surface area contributed by atoms with Gasteiger partial charge in [0.15, 0.2) is 0 Å². The summed E-state index contributed by atoms with van der Waals surface area (Å²) in [6.45, 7) is 4.07. The molecule has 0 amide bonds. The zero-order chi connectivity index (χ0) is 13.1. The Balaban J connectivity index is 2.37. The predicted octanol–water partition coefficient (Wildman–Crippen LogP) is 2.84. The number of para-hydroxylation sites is 1. The molecule has 1 heterocycles. The summed E-state index contributed by atoms with van der Waals surface area (Å²) in [6, 6.07) is 6.33. The third-order valence-corrected chi connectivity index (χ3v) is 2.38. The SMILES string of the molecule is CC(C)Cc1nnc(-c2ccccc2[N+](=O)[O-])o1. The van der Waals surface area contributed by atoms with Crippen molar-refractivity contribution >= 4 is 5.69 Å². The molecule has 2 aromatic rings. The van der Waals surface area contributed by atoms with Gasteiger partial charge in [0.1, 0.15) is 5.56 Å². The summed E-state index contributed by atoms with van der Waals surface area (Å²) >= 11 is 0. The van der Waals surface area contributed by atoms with Gasteiger partial charge in [-0.05, 0) is 12.0 Å². The Bertz CT molecular complexity index is 563. The van der Waals surface area contributed by atoms with Crippen LogP contribution in [0, 0.1) is 16.0 Å². The average Bonchev–Trinajstić information content (AvgIpc) is 2.76. The maximum Gasteiger partial charge on any atom is 0.282 e. The molecule has 0 fully saturated rings. The van der Waals surface area contributed by atoms with Crippen molar-refractivity contribution in [3.63, 3.8) is 0 Å². The molecule has 94 valence electrons. The molecule has 0 N–H and O–H groups in total. The summed E-state index contributed by atoms with van der Waals surface area (Å²) in [5.74, 6) is 1.08. The maximum absolute atomic E-state index is 10.9. The van der Waals surface area contributed by atoms with Crippen LogP contribution in [0.15, 0.2) is 28.7 Å². The summed E-state index contributed by atoms with van der Waals surface area (Å²) in [5.41, 5.74) is 0.322. The first-order valence-corrected chi connectivity index (χ1v) is 5.64. The van der Waals surface area contributed by atoms with E-state index in [2.05, 4.69) is 10.2 Å². The summed E-state index contributed by atoms with van der Waals surface area (Å²) < 4.78 is 5.44. The molecule has 6 heteroatoms. The van der Waals surface area contributed by atoms with Crippen molar-refractivity contribution in [1.82, 2.24) is 10.2 Å². The molecular formula is C12H13N3O3. The second-order valence-electron chi connectivity index (χ2n) is 4.37. The van der Waals surface area contributed by atoms with Gasteiger partial charge in [-0.15, -0.1) is 10.2 Å². The summed E-state index contributed by atoms with van der Waals surface area (Å²) in [4.78, 5) is 10.4. The van der Waals surface area contributed by atoms with Crippen LogP contribution in [0.2, 0.25) is 0 Å². The van der Waals surface area contributed by atoms with Crippen molar-refractivity contribution in [3.05, 3.63) is 40.3 Å². The molecular weight excluding hydrogens is 234 g/mol. The van der Waals surface area contributed by atoms with Crippen molar-refractivity contribution < 1.29 is 9.34 Å². The quantitative estimate of drug-likeness (QED) is 0.612. The zero-order valence-electron chi connectivity index (χ0n) is 10.2. The molecule has 1 aromatic heterocycles. The van der Waals surface area contributed by atoms with Gasteiger partial charge in [-0.3, -0.25) is 10.1 Å². The van der Waals surface area contributed by atoms with Crippen molar-refractivity contribution in [2.75, 3.05) is 0 Å². The van der Waals surface area contributed by atoms with E-state index >= 15 is 0 Å². The lowest BCUT2D eigenvalue weighted by Gasteiger charge is -1.98. The van der Waals surface area contributed by atoms with E-state index in [-0.39, 0.29) is 11.6 Å². The summed E-state index contributed by atoms with van der Waals surface area (Å²) in [7, 11) is 0. The lowest BCUT2D eigenvalue weighted by atomic mass is 10.1. The summed E-state index contributed by atoms with van der Waals surface area (Å²) in [6.07, 6.45) is 0.660. The summed E-state index contributed by atoms with van der Waals surface area (Å²) in [5, 5.41) is 18.7. The van der Waals surface area contributed by atoms with Gasteiger partial charge in [0.05, 0.1) is 4.92 Å². The number of nitro groups is 1. The minimum atomic E-state index is -0.457. The standard InChI is InChI=1S/C12H13N3O3/c1-8(2)7-11-13-14-12(18-11)9-5-3-4-6-10(9)15(16)17/h3-6,8H,7H2,1-2H3. The monoisotopic (exact) mass is 247 g/mol. The minimum Gasteiger partial charge on any atom is -0.420 e. The Morgan fingerprint density at radius 3 is 2.72 bits per heavy atom. The first-order chi connectivity index (χ1) is 8.58. The first kappa shape index (κ1) is 12.2. The van der Waals surface area contributed by atoms with Crippen LogP contribution < -0.4 is 0 Å². The Morgan fingerprint density at radius 2 is 2.06 bits per heavy atom. The topological polar surface area (TPSA) is 82.1 Å². The normalized spacial score (nSPS) is 10.8. The van der Waals surface area contributed by atoms with Crippen LogP contribution in [0.1, 0.15) is 19.7 Å². The number of nitrogens with zero attached hydrogens (tertiary/aromatic N) is 3. The first-order valence-electron chi connectivity index (χ1n) is 5.64. The molecule has 0 aliphatic rings. The van der Waals surface area contributed by atoms with Gasteiger partial charge < -0.3 is 4.42 Å². The molecule has 0 bridgehead atoms. The van der Waals surface area contributed by atoms with E-state index in [0.717, 1.165) is 0 Å². The number of hydrogen-bond donors (Lipinski definition) is 0. The fourth-order valence-electron chi connectivity index (χ4n) is 1.61. The number of rotatable bonds is 4. The molecule has 0 radical (unpaired) electrons. The Kier molecular flexibility index (Phi) is 3.36. The number of hydrogen-bond acceptors (Lipinski definition) is 5. The van der Waals surface area contributed by atoms with Crippen molar-refractivity contribution in [1.29, 1.82) is 0 Å². The Morgan fingerprint density at radius 1 is 1.33 bits per heavy atom. The molecule has 0 aliphatic carbocycles. The Labute approximate surface area is 104 Å². The van der Waals surface area contributed by atoms with Crippen molar-refractivity contribution in [2.45, 2.75) is 20.3 Å². The van der Waals surface area contributed by atoms with E-state index in [1.165, 1.54) is 6.07 Å². The Hall–Kier alpha value is -2.24. The van der Waals surface area contributed by atoms with Gasteiger partial charge >= 0.3 is 0 Å². The van der Waals surface area contributed by atoms with Gasteiger partial charge in [0, 0.05) is 12.5 Å². The smallest absolute Gasteiger partial charge is 0.282 e. The second kappa shape index (κ2) is 4.95. The van der Waals surface area contributed by atoms with Crippen LogP contribution in [-0.2, 0) is 6.42 Å². The molecule has 0 saturated carbocycles. The second-order valence-corrected chi connectivity index (χ2v) is 4.37. The molecule has 18 heavy (non-hydrogen) atoms.